The number of hydrogen-bond donors (Lipinski definition) is 1. The molecule has 0 aromatic carbocycles. The molecule has 0 spiro atoms. The Balaban J connectivity index is 2.59. The van der Waals surface area contributed by atoms with E-state index in [-0.39, 0.29) is 0 Å². The Morgan fingerprint density at radius 1 is 1.35 bits per heavy atom. The number of hydrogen-bond acceptors (Lipinski definition) is 2. The third kappa shape index (κ3) is 4.59. The van der Waals surface area contributed by atoms with Crippen LogP contribution >= 0.6 is 0 Å². The average Bonchev–Trinajstić information content (AvgIpc) is 2.54. The number of ether oxygens (including phenoxy) is 1. The van der Waals surface area contributed by atoms with E-state index >= 15 is 0 Å². The van der Waals surface area contributed by atoms with Gasteiger partial charge in [0.1, 0.15) is 0 Å². The van der Waals surface area contributed by atoms with Crippen LogP contribution in [0.1, 0.15) is 60.8 Å². The molecule has 0 aromatic heterocycles. The number of nitrogens with one attached hydrogen (secondary N) is 1. The molecule has 1 fully saturated rings. The normalized spacial score (nSPS) is 30.2. The molecule has 1 heterocycles. The fourth-order valence-electron chi connectivity index (χ4n) is 2.50. The summed E-state index contributed by atoms with van der Waals surface area (Å²) >= 11 is 0. The van der Waals surface area contributed by atoms with E-state index in [4.69, 9.17) is 4.74 Å². The van der Waals surface area contributed by atoms with Crippen molar-refractivity contribution in [2.75, 3.05) is 13.2 Å². The predicted octanol–water partition coefficient (Wildman–Crippen LogP) is 3.61. The third-order valence-electron chi connectivity index (χ3n) is 4.07. The Labute approximate surface area is 108 Å². The van der Waals surface area contributed by atoms with Gasteiger partial charge in [-0.2, -0.15) is 0 Å². The molecule has 0 amide bonds. The lowest BCUT2D eigenvalue weighted by Crippen LogP contribution is -2.42. The van der Waals surface area contributed by atoms with Gasteiger partial charge in [-0.05, 0) is 31.6 Å². The highest BCUT2D eigenvalue weighted by Gasteiger charge is 2.41. The molecule has 1 rings (SSSR count). The van der Waals surface area contributed by atoms with Crippen molar-refractivity contribution in [3.05, 3.63) is 0 Å². The molecule has 2 unspecified atom stereocenters. The van der Waals surface area contributed by atoms with Crippen molar-refractivity contribution < 1.29 is 4.74 Å². The first kappa shape index (κ1) is 15.0. The van der Waals surface area contributed by atoms with Crippen LogP contribution in [0.3, 0.4) is 0 Å². The lowest BCUT2D eigenvalue weighted by Gasteiger charge is -2.35. The van der Waals surface area contributed by atoms with Crippen LogP contribution in [0, 0.1) is 10.8 Å². The molecule has 0 bridgehead atoms. The van der Waals surface area contributed by atoms with E-state index in [0.717, 1.165) is 13.2 Å². The van der Waals surface area contributed by atoms with Gasteiger partial charge in [0.25, 0.3) is 0 Å². The molecule has 1 aliphatic rings. The van der Waals surface area contributed by atoms with Crippen molar-refractivity contribution in [2.24, 2.45) is 10.8 Å². The van der Waals surface area contributed by atoms with Crippen molar-refractivity contribution in [3.8, 4) is 0 Å². The summed E-state index contributed by atoms with van der Waals surface area (Å²) in [4.78, 5) is 0. The van der Waals surface area contributed by atoms with Crippen LogP contribution in [-0.2, 0) is 4.74 Å². The molecule has 1 saturated heterocycles. The second-order valence-corrected chi connectivity index (χ2v) is 7.22. The van der Waals surface area contributed by atoms with Gasteiger partial charge < -0.3 is 10.1 Å². The standard InChI is InChI=1S/C15H31NO/c1-12(2)16-11-15(8-7-14(4,5)6)9-10-17-13(15)3/h12-13,16H,7-11H2,1-6H3. The van der Waals surface area contributed by atoms with E-state index in [1.165, 1.54) is 19.3 Å². The zero-order chi connectivity index (χ0) is 13.1. The molecule has 2 nitrogen and oxygen atoms in total. The molecule has 0 aliphatic carbocycles. The molecule has 0 saturated carbocycles. The molecular weight excluding hydrogens is 210 g/mol. The van der Waals surface area contributed by atoms with Crippen LogP contribution in [0.5, 0.6) is 0 Å². The summed E-state index contributed by atoms with van der Waals surface area (Å²) in [5, 5.41) is 3.61. The van der Waals surface area contributed by atoms with Crippen LogP contribution in [0.15, 0.2) is 0 Å². The van der Waals surface area contributed by atoms with Crippen LogP contribution in [0.25, 0.3) is 0 Å². The van der Waals surface area contributed by atoms with Crippen LogP contribution in [0.4, 0.5) is 0 Å². The summed E-state index contributed by atoms with van der Waals surface area (Å²) in [7, 11) is 0. The maximum Gasteiger partial charge on any atom is 0.0616 e. The smallest absolute Gasteiger partial charge is 0.0616 e. The summed E-state index contributed by atoms with van der Waals surface area (Å²) in [5.74, 6) is 0. The fourth-order valence-corrected chi connectivity index (χ4v) is 2.50. The third-order valence-corrected chi connectivity index (χ3v) is 4.07. The summed E-state index contributed by atoms with van der Waals surface area (Å²) in [6, 6.07) is 0.564. The number of rotatable bonds is 5. The highest BCUT2D eigenvalue weighted by atomic mass is 16.5. The zero-order valence-electron chi connectivity index (χ0n) is 12.6. The summed E-state index contributed by atoms with van der Waals surface area (Å²) < 4.78 is 5.83. The second kappa shape index (κ2) is 5.71. The quantitative estimate of drug-likeness (QED) is 0.794. The van der Waals surface area contributed by atoms with E-state index in [9.17, 15) is 0 Å². The van der Waals surface area contributed by atoms with Crippen molar-refractivity contribution >= 4 is 0 Å². The van der Waals surface area contributed by atoms with Gasteiger partial charge in [0, 0.05) is 24.6 Å². The Morgan fingerprint density at radius 2 is 2.00 bits per heavy atom. The fraction of sp³-hybridized carbons (Fsp3) is 1.00. The maximum absolute atomic E-state index is 5.83. The van der Waals surface area contributed by atoms with Gasteiger partial charge in [0.05, 0.1) is 6.10 Å². The highest BCUT2D eigenvalue weighted by molar-refractivity contribution is 4.92. The van der Waals surface area contributed by atoms with E-state index in [2.05, 4.69) is 46.9 Å². The van der Waals surface area contributed by atoms with E-state index < -0.39 is 0 Å². The van der Waals surface area contributed by atoms with Crippen molar-refractivity contribution in [1.82, 2.24) is 5.32 Å². The van der Waals surface area contributed by atoms with E-state index in [1.54, 1.807) is 0 Å². The Hall–Kier alpha value is -0.0800. The van der Waals surface area contributed by atoms with Gasteiger partial charge in [0.15, 0.2) is 0 Å². The van der Waals surface area contributed by atoms with Gasteiger partial charge in [-0.25, -0.2) is 0 Å². The minimum Gasteiger partial charge on any atom is -0.378 e. The first-order chi connectivity index (χ1) is 7.75. The van der Waals surface area contributed by atoms with Crippen LogP contribution in [0.2, 0.25) is 0 Å². The van der Waals surface area contributed by atoms with Crippen LogP contribution < -0.4 is 5.32 Å². The lowest BCUT2D eigenvalue weighted by molar-refractivity contribution is 0.0512. The van der Waals surface area contributed by atoms with E-state index in [1.807, 2.05) is 0 Å². The van der Waals surface area contributed by atoms with Crippen molar-refractivity contribution in [2.45, 2.75) is 73.0 Å². The monoisotopic (exact) mass is 241 g/mol. The molecule has 2 atom stereocenters. The summed E-state index contributed by atoms with van der Waals surface area (Å²) in [6.45, 7) is 15.7. The van der Waals surface area contributed by atoms with Gasteiger partial charge in [0.2, 0.25) is 0 Å². The molecule has 102 valence electrons. The first-order valence-electron chi connectivity index (χ1n) is 7.10. The summed E-state index contributed by atoms with van der Waals surface area (Å²) in [6.07, 6.45) is 4.16. The van der Waals surface area contributed by atoms with Gasteiger partial charge in [-0.3, -0.25) is 0 Å². The van der Waals surface area contributed by atoms with Crippen molar-refractivity contribution in [1.29, 1.82) is 0 Å². The van der Waals surface area contributed by atoms with Gasteiger partial charge in [-0.15, -0.1) is 0 Å². The Bertz CT molecular complexity index is 232. The highest BCUT2D eigenvalue weighted by Crippen LogP contribution is 2.41. The zero-order valence-corrected chi connectivity index (χ0v) is 12.6. The summed E-state index contributed by atoms with van der Waals surface area (Å²) in [5.41, 5.74) is 0.782. The van der Waals surface area contributed by atoms with Crippen LogP contribution in [-0.4, -0.2) is 25.3 Å². The minimum atomic E-state index is 0.359. The van der Waals surface area contributed by atoms with Crippen molar-refractivity contribution in [3.63, 3.8) is 0 Å². The molecular formula is C15H31NO. The topological polar surface area (TPSA) is 21.3 Å². The molecule has 0 aromatic rings. The minimum absolute atomic E-state index is 0.359. The predicted molar refractivity (Wildman–Crippen MR) is 74.3 cm³/mol. The first-order valence-corrected chi connectivity index (χ1v) is 7.10. The average molecular weight is 241 g/mol. The lowest BCUT2D eigenvalue weighted by atomic mass is 9.73. The molecule has 2 heteroatoms. The molecule has 1 aliphatic heterocycles. The molecule has 0 radical (unpaired) electrons. The van der Waals surface area contributed by atoms with Gasteiger partial charge >= 0.3 is 0 Å². The Morgan fingerprint density at radius 3 is 2.41 bits per heavy atom. The second-order valence-electron chi connectivity index (χ2n) is 7.22. The van der Waals surface area contributed by atoms with Gasteiger partial charge in [-0.1, -0.05) is 34.6 Å². The molecule has 17 heavy (non-hydrogen) atoms. The molecule has 1 N–H and O–H groups in total. The SMILES string of the molecule is CC(C)NCC1(CCC(C)(C)C)CCOC1C. The Kier molecular flexibility index (Phi) is 5.03. The largest absolute Gasteiger partial charge is 0.378 e. The van der Waals surface area contributed by atoms with E-state index in [0.29, 0.717) is 23.0 Å². The maximum atomic E-state index is 5.83.